The molecule has 0 bridgehead atoms. The maximum Gasteiger partial charge on any atom is 0.255 e. The first-order chi connectivity index (χ1) is 11.8. The Hall–Kier alpha value is -1.64. The smallest absolute Gasteiger partial charge is 0.255 e. The van der Waals surface area contributed by atoms with E-state index in [1.54, 1.807) is 0 Å². The zero-order valence-electron chi connectivity index (χ0n) is 15.1. The fraction of sp³-hybridized carbons (Fsp3) is 0.588. The van der Waals surface area contributed by atoms with Gasteiger partial charge in [-0.15, -0.1) is 0 Å². The van der Waals surface area contributed by atoms with E-state index in [4.69, 9.17) is 9.47 Å². The van der Waals surface area contributed by atoms with E-state index in [0.717, 1.165) is 0 Å². The molecule has 25 heavy (non-hydrogen) atoms. The molecule has 2 rings (SSSR count). The van der Waals surface area contributed by atoms with Crippen molar-refractivity contribution in [3.63, 3.8) is 0 Å². The van der Waals surface area contributed by atoms with Gasteiger partial charge in [-0.05, 0) is 31.0 Å². The van der Waals surface area contributed by atoms with Crippen LogP contribution in [0.15, 0.2) is 23.1 Å². The Balaban J connectivity index is 2.34. The molecular formula is C17H26N2O5S. The molecule has 0 spiro atoms. The molecular weight excluding hydrogens is 344 g/mol. The first kappa shape index (κ1) is 19.7. The fourth-order valence-electron chi connectivity index (χ4n) is 2.41. The van der Waals surface area contributed by atoms with Gasteiger partial charge in [0.05, 0.1) is 30.8 Å². The molecule has 8 heteroatoms. The summed E-state index contributed by atoms with van der Waals surface area (Å²) in [4.78, 5) is 12.7. The second kappa shape index (κ2) is 8.16. The quantitative estimate of drug-likeness (QED) is 0.820. The summed E-state index contributed by atoms with van der Waals surface area (Å²) in [6.07, 6.45) is 0. The molecule has 140 valence electrons. The molecule has 1 amide bonds. The van der Waals surface area contributed by atoms with Gasteiger partial charge in [0, 0.05) is 19.1 Å². The monoisotopic (exact) mass is 370 g/mol. The van der Waals surface area contributed by atoms with Crippen LogP contribution in [0.1, 0.15) is 31.1 Å². The van der Waals surface area contributed by atoms with Crippen LogP contribution >= 0.6 is 0 Å². The van der Waals surface area contributed by atoms with Crippen LogP contribution < -0.4 is 10.1 Å². The van der Waals surface area contributed by atoms with Crippen LogP contribution in [-0.4, -0.2) is 58.1 Å². The van der Waals surface area contributed by atoms with E-state index >= 15 is 0 Å². The molecule has 0 aliphatic carbocycles. The lowest BCUT2D eigenvalue weighted by Crippen LogP contribution is -2.40. The van der Waals surface area contributed by atoms with Crippen LogP contribution in [0.2, 0.25) is 0 Å². The summed E-state index contributed by atoms with van der Waals surface area (Å²) in [5.41, 5.74) is 0.212. The molecule has 7 nitrogen and oxygen atoms in total. The van der Waals surface area contributed by atoms with Crippen LogP contribution in [0.3, 0.4) is 0 Å². The van der Waals surface area contributed by atoms with Gasteiger partial charge in [0.25, 0.3) is 5.91 Å². The molecule has 1 aromatic rings. The molecule has 1 heterocycles. The number of nitrogens with one attached hydrogen (secondary N) is 1. The maximum absolute atomic E-state index is 12.8. The van der Waals surface area contributed by atoms with Crippen LogP contribution in [-0.2, 0) is 14.8 Å². The highest BCUT2D eigenvalue weighted by atomic mass is 32.2. The van der Waals surface area contributed by atoms with Gasteiger partial charge in [0.15, 0.2) is 0 Å². The fourth-order valence-corrected chi connectivity index (χ4v) is 3.85. The number of carbonyl (C=O) groups is 1. The number of nitrogens with zero attached hydrogens (tertiary/aromatic N) is 1. The molecule has 0 aromatic heterocycles. The number of sulfonamides is 1. The summed E-state index contributed by atoms with van der Waals surface area (Å²) < 4.78 is 37.4. The summed E-state index contributed by atoms with van der Waals surface area (Å²) in [6, 6.07) is 4.32. The molecule has 0 radical (unpaired) electrons. The van der Waals surface area contributed by atoms with Crippen LogP contribution in [0, 0.1) is 5.92 Å². The minimum absolute atomic E-state index is 0.0447. The third-order valence-corrected chi connectivity index (χ3v) is 6.28. The second-order valence-corrected chi connectivity index (χ2v) is 8.32. The number of amides is 1. The third kappa shape index (κ3) is 4.50. The molecule has 1 saturated heterocycles. The Morgan fingerprint density at radius 2 is 1.88 bits per heavy atom. The van der Waals surface area contributed by atoms with Crippen molar-refractivity contribution in [2.75, 3.05) is 33.4 Å². The molecule has 1 aliphatic heterocycles. The molecule has 0 unspecified atom stereocenters. The van der Waals surface area contributed by atoms with Crippen LogP contribution in [0.4, 0.5) is 0 Å². The number of benzene rings is 1. The predicted molar refractivity (Wildman–Crippen MR) is 94.3 cm³/mol. The van der Waals surface area contributed by atoms with Gasteiger partial charge in [-0.3, -0.25) is 4.79 Å². The van der Waals surface area contributed by atoms with Crippen molar-refractivity contribution in [3.8, 4) is 5.75 Å². The van der Waals surface area contributed by atoms with E-state index in [9.17, 15) is 13.2 Å². The molecule has 1 N–H and O–H groups in total. The van der Waals surface area contributed by atoms with Crippen molar-refractivity contribution < 1.29 is 22.7 Å². The standard InChI is InChI=1S/C17H26N2O5S/c1-12(2)13(3)18-17(20)15-11-14(5-6-16(15)23-4)25(21,22)19-7-9-24-10-8-19/h5-6,11-13H,7-10H2,1-4H3,(H,18,20)/t13-/m0/s1. The number of morpholine rings is 1. The van der Waals surface area contributed by atoms with Gasteiger partial charge in [0.1, 0.15) is 5.75 Å². The third-order valence-electron chi connectivity index (χ3n) is 4.38. The van der Waals surface area contributed by atoms with E-state index in [2.05, 4.69) is 5.32 Å². The van der Waals surface area contributed by atoms with Crippen molar-refractivity contribution >= 4 is 15.9 Å². The first-order valence-corrected chi connectivity index (χ1v) is 9.78. The average Bonchev–Trinajstić information content (AvgIpc) is 2.61. The number of methoxy groups -OCH3 is 1. The Morgan fingerprint density at radius 1 is 1.24 bits per heavy atom. The lowest BCUT2D eigenvalue weighted by molar-refractivity contribution is 0.0730. The Kier molecular flexibility index (Phi) is 6.42. The summed E-state index contributed by atoms with van der Waals surface area (Å²) in [5, 5.41) is 2.88. The first-order valence-electron chi connectivity index (χ1n) is 8.34. The minimum atomic E-state index is -3.67. The number of hydrogen-bond acceptors (Lipinski definition) is 5. The highest BCUT2D eigenvalue weighted by molar-refractivity contribution is 7.89. The SMILES string of the molecule is COc1ccc(S(=O)(=O)N2CCOCC2)cc1C(=O)N[C@@H](C)C(C)C. The number of carbonyl (C=O) groups excluding carboxylic acids is 1. The van der Waals surface area contributed by atoms with Gasteiger partial charge in [0.2, 0.25) is 10.0 Å². The number of rotatable bonds is 6. The summed E-state index contributed by atoms with van der Waals surface area (Å²) in [6.45, 7) is 7.26. The van der Waals surface area contributed by atoms with Crippen molar-refractivity contribution in [2.45, 2.75) is 31.7 Å². The zero-order valence-corrected chi connectivity index (χ0v) is 15.9. The largest absolute Gasteiger partial charge is 0.496 e. The molecule has 0 saturated carbocycles. The number of hydrogen-bond donors (Lipinski definition) is 1. The van der Waals surface area contributed by atoms with Gasteiger partial charge in [-0.1, -0.05) is 13.8 Å². The van der Waals surface area contributed by atoms with Crippen molar-refractivity contribution in [1.29, 1.82) is 0 Å². The highest BCUT2D eigenvalue weighted by Gasteiger charge is 2.28. The van der Waals surface area contributed by atoms with E-state index < -0.39 is 10.0 Å². The van der Waals surface area contributed by atoms with Gasteiger partial charge in [-0.25, -0.2) is 8.42 Å². The van der Waals surface area contributed by atoms with Gasteiger partial charge >= 0.3 is 0 Å². The lowest BCUT2D eigenvalue weighted by atomic mass is 10.1. The zero-order chi connectivity index (χ0) is 18.6. The van der Waals surface area contributed by atoms with Crippen LogP contribution in [0.5, 0.6) is 5.75 Å². The molecule has 1 fully saturated rings. The summed E-state index contributed by atoms with van der Waals surface area (Å²) in [5.74, 6) is 0.252. The van der Waals surface area contributed by atoms with E-state index in [1.807, 2.05) is 20.8 Å². The minimum Gasteiger partial charge on any atom is -0.496 e. The summed E-state index contributed by atoms with van der Waals surface area (Å²) >= 11 is 0. The normalized spacial score (nSPS) is 17.3. The highest BCUT2D eigenvalue weighted by Crippen LogP contribution is 2.25. The molecule has 1 atom stereocenters. The van der Waals surface area contributed by atoms with E-state index in [1.165, 1.54) is 29.6 Å². The van der Waals surface area contributed by atoms with Crippen LogP contribution in [0.25, 0.3) is 0 Å². The van der Waals surface area contributed by atoms with Crippen molar-refractivity contribution in [2.24, 2.45) is 5.92 Å². The summed E-state index contributed by atoms with van der Waals surface area (Å²) in [7, 11) is -2.22. The number of ether oxygens (including phenoxy) is 2. The Bertz CT molecular complexity index is 712. The Morgan fingerprint density at radius 3 is 2.44 bits per heavy atom. The molecule has 1 aromatic carbocycles. The van der Waals surface area contributed by atoms with Crippen molar-refractivity contribution in [3.05, 3.63) is 23.8 Å². The van der Waals surface area contributed by atoms with E-state index in [-0.39, 0.29) is 28.3 Å². The van der Waals surface area contributed by atoms with Crippen molar-refractivity contribution in [1.82, 2.24) is 9.62 Å². The lowest BCUT2D eigenvalue weighted by Gasteiger charge is -2.26. The topological polar surface area (TPSA) is 84.9 Å². The maximum atomic E-state index is 12.8. The second-order valence-electron chi connectivity index (χ2n) is 6.38. The van der Waals surface area contributed by atoms with Gasteiger partial charge < -0.3 is 14.8 Å². The predicted octanol–water partition coefficient (Wildman–Crippen LogP) is 1.49. The average molecular weight is 370 g/mol. The Labute approximate surface area is 149 Å². The molecule has 1 aliphatic rings. The van der Waals surface area contributed by atoms with Gasteiger partial charge in [-0.2, -0.15) is 4.31 Å². The van der Waals surface area contributed by atoms with E-state index in [0.29, 0.717) is 32.1 Å².